The van der Waals surface area contributed by atoms with Crippen molar-refractivity contribution in [3.63, 3.8) is 0 Å². The number of nitrogens with zero attached hydrogens (tertiary/aromatic N) is 1. The molecule has 1 aliphatic heterocycles. The third-order valence-corrected chi connectivity index (χ3v) is 4.26. The summed E-state index contributed by atoms with van der Waals surface area (Å²) in [5.74, 6) is 0.804. The highest BCUT2D eigenvalue weighted by atomic mass is 32.2. The van der Waals surface area contributed by atoms with Gasteiger partial charge in [0.05, 0.1) is 10.9 Å². The van der Waals surface area contributed by atoms with Crippen LogP contribution < -0.4 is 10.6 Å². The molecule has 0 aliphatic carbocycles. The van der Waals surface area contributed by atoms with Gasteiger partial charge in [-0.25, -0.2) is 0 Å². The van der Waals surface area contributed by atoms with Crippen LogP contribution in [0.2, 0.25) is 0 Å². The molecule has 1 atom stereocenters. The van der Waals surface area contributed by atoms with Crippen LogP contribution in [0.15, 0.2) is 23.1 Å². The van der Waals surface area contributed by atoms with Gasteiger partial charge in [0.15, 0.2) is 0 Å². The number of fused-ring (bicyclic) bond motifs is 1. The van der Waals surface area contributed by atoms with Gasteiger partial charge in [-0.2, -0.15) is 0 Å². The van der Waals surface area contributed by atoms with Crippen LogP contribution in [0.1, 0.15) is 27.2 Å². The molecule has 1 amide bonds. The molecule has 2 rings (SSSR count). The first-order valence-corrected chi connectivity index (χ1v) is 7.24. The topological polar surface area (TPSA) is 46.3 Å². The quantitative estimate of drug-likeness (QED) is 0.853. The summed E-state index contributed by atoms with van der Waals surface area (Å²) in [5.41, 5.74) is 7.58. The second-order valence-electron chi connectivity index (χ2n) is 5.16. The van der Waals surface area contributed by atoms with E-state index in [9.17, 15) is 4.79 Å². The van der Waals surface area contributed by atoms with E-state index >= 15 is 0 Å². The van der Waals surface area contributed by atoms with E-state index in [2.05, 4.69) is 13.8 Å². The Hall–Kier alpha value is -1.16. The first kappa shape index (κ1) is 13.3. The maximum atomic E-state index is 12.3. The van der Waals surface area contributed by atoms with E-state index in [1.54, 1.807) is 11.8 Å². The lowest BCUT2D eigenvalue weighted by Gasteiger charge is -2.33. The second kappa shape index (κ2) is 5.22. The van der Waals surface area contributed by atoms with Crippen LogP contribution in [0.25, 0.3) is 0 Å². The van der Waals surface area contributed by atoms with Crippen molar-refractivity contribution in [3.8, 4) is 0 Å². The predicted molar refractivity (Wildman–Crippen MR) is 78.0 cm³/mol. The molecule has 0 saturated heterocycles. The number of carbonyl (C=O) groups excluding carboxylic acids is 1. The van der Waals surface area contributed by atoms with Crippen molar-refractivity contribution in [2.24, 2.45) is 5.92 Å². The molecule has 18 heavy (non-hydrogen) atoms. The summed E-state index contributed by atoms with van der Waals surface area (Å²) in [7, 11) is 0. The minimum absolute atomic E-state index is 0.0218. The second-order valence-corrected chi connectivity index (χ2v) is 6.54. The van der Waals surface area contributed by atoms with Gasteiger partial charge in [0.25, 0.3) is 0 Å². The Kier molecular flexibility index (Phi) is 3.85. The molecule has 0 bridgehead atoms. The molecule has 0 saturated carbocycles. The SMILES string of the molecule is CC(C)CCN1C(=O)C(C)Sc2cc(N)ccc21. The molecule has 1 aliphatic rings. The highest BCUT2D eigenvalue weighted by Gasteiger charge is 2.30. The molecule has 98 valence electrons. The van der Waals surface area contributed by atoms with E-state index in [4.69, 9.17) is 5.73 Å². The summed E-state index contributed by atoms with van der Waals surface area (Å²) < 4.78 is 0. The van der Waals surface area contributed by atoms with Gasteiger partial charge in [-0.3, -0.25) is 4.79 Å². The first-order valence-electron chi connectivity index (χ1n) is 6.36. The lowest BCUT2D eigenvalue weighted by Crippen LogP contribution is -2.40. The minimum atomic E-state index is -0.0218. The van der Waals surface area contributed by atoms with E-state index in [0.29, 0.717) is 5.92 Å². The molecule has 1 heterocycles. The lowest BCUT2D eigenvalue weighted by atomic mass is 10.1. The van der Waals surface area contributed by atoms with E-state index in [-0.39, 0.29) is 11.2 Å². The fraction of sp³-hybridized carbons (Fsp3) is 0.500. The van der Waals surface area contributed by atoms with Crippen molar-refractivity contribution in [2.45, 2.75) is 37.3 Å². The average molecular weight is 264 g/mol. The van der Waals surface area contributed by atoms with Gasteiger partial charge >= 0.3 is 0 Å². The summed E-state index contributed by atoms with van der Waals surface area (Å²) >= 11 is 1.60. The Bertz CT molecular complexity index is 459. The first-order chi connectivity index (χ1) is 8.49. The molecule has 4 heteroatoms. The highest BCUT2D eigenvalue weighted by Crippen LogP contribution is 2.40. The van der Waals surface area contributed by atoms with E-state index in [1.807, 2.05) is 30.0 Å². The van der Waals surface area contributed by atoms with Crippen molar-refractivity contribution in [2.75, 3.05) is 17.2 Å². The third-order valence-electron chi connectivity index (χ3n) is 3.12. The van der Waals surface area contributed by atoms with Crippen LogP contribution in [0.3, 0.4) is 0 Å². The predicted octanol–water partition coefficient (Wildman–Crippen LogP) is 3.14. The Morgan fingerprint density at radius 2 is 2.17 bits per heavy atom. The van der Waals surface area contributed by atoms with Crippen molar-refractivity contribution in [1.82, 2.24) is 0 Å². The van der Waals surface area contributed by atoms with Crippen LogP contribution in [0, 0.1) is 5.92 Å². The van der Waals surface area contributed by atoms with E-state index in [0.717, 1.165) is 29.2 Å². The maximum absolute atomic E-state index is 12.3. The molecule has 2 N–H and O–H groups in total. The maximum Gasteiger partial charge on any atom is 0.240 e. The summed E-state index contributed by atoms with van der Waals surface area (Å²) in [6.45, 7) is 7.10. The number of thioether (sulfide) groups is 1. The van der Waals surface area contributed by atoms with Crippen molar-refractivity contribution in [3.05, 3.63) is 18.2 Å². The van der Waals surface area contributed by atoms with Gasteiger partial charge in [-0.15, -0.1) is 11.8 Å². The molecular weight excluding hydrogens is 244 g/mol. The van der Waals surface area contributed by atoms with Gasteiger partial charge in [-0.1, -0.05) is 13.8 Å². The Morgan fingerprint density at radius 3 is 2.83 bits per heavy atom. The number of carbonyl (C=O) groups is 1. The summed E-state index contributed by atoms with van der Waals surface area (Å²) in [6, 6.07) is 5.79. The molecule has 1 unspecified atom stereocenters. The molecule has 1 aromatic carbocycles. The van der Waals surface area contributed by atoms with Gasteiger partial charge in [0.2, 0.25) is 5.91 Å². The lowest BCUT2D eigenvalue weighted by molar-refractivity contribution is -0.118. The van der Waals surface area contributed by atoms with Gasteiger partial charge in [0.1, 0.15) is 0 Å². The van der Waals surface area contributed by atoms with Gasteiger partial charge < -0.3 is 10.6 Å². The number of anilines is 2. The fourth-order valence-electron chi connectivity index (χ4n) is 2.05. The number of hydrogen-bond donors (Lipinski definition) is 1. The van der Waals surface area contributed by atoms with Gasteiger partial charge in [-0.05, 0) is 37.5 Å². The summed E-state index contributed by atoms with van der Waals surface area (Å²) in [4.78, 5) is 15.3. The smallest absolute Gasteiger partial charge is 0.240 e. The van der Waals surface area contributed by atoms with Crippen LogP contribution in [0.5, 0.6) is 0 Å². The fourth-order valence-corrected chi connectivity index (χ4v) is 3.16. The minimum Gasteiger partial charge on any atom is -0.399 e. The normalized spacial score (nSPS) is 19.2. The number of nitrogens with two attached hydrogens (primary N) is 1. The highest BCUT2D eigenvalue weighted by molar-refractivity contribution is 8.01. The number of benzene rings is 1. The Labute approximate surface area is 113 Å². The van der Waals surface area contributed by atoms with E-state index < -0.39 is 0 Å². The van der Waals surface area contributed by atoms with Crippen molar-refractivity contribution < 1.29 is 4.79 Å². The monoisotopic (exact) mass is 264 g/mol. The van der Waals surface area contributed by atoms with Crippen LogP contribution in [-0.2, 0) is 4.79 Å². The van der Waals surface area contributed by atoms with Crippen molar-refractivity contribution >= 4 is 29.0 Å². The zero-order chi connectivity index (χ0) is 13.3. The number of rotatable bonds is 3. The summed E-state index contributed by atoms with van der Waals surface area (Å²) in [6.07, 6.45) is 1.02. The molecule has 0 aromatic heterocycles. The van der Waals surface area contributed by atoms with Gasteiger partial charge in [0, 0.05) is 17.1 Å². The Balaban J connectivity index is 2.30. The molecule has 1 aromatic rings. The molecule has 0 spiro atoms. The van der Waals surface area contributed by atoms with Crippen LogP contribution in [-0.4, -0.2) is 17.7 Å². The van der Waals surface area contributed by atoms with Crippen LogP contribution >= 0.6 is 11.8 Å². The Morgan fingerprint density at radius 1 is 1.44 bits per heavy atom. The number of nitrogen functional groups attached to an aromatic ring is 1. The number of hydrogen-bond acceptors (Lipinski definition) is 3. The van der Waals surface area contributed by atoms with Crippen LogP contribution in [0.4, 0.5) is 11.4 Å². The number of amides is 1. The molecule has 0 fully saturated rings. The van der Waals surface area contributed by atoms with E-state index in [1.165, 1.54) is 0 Å². The third kappa shape index (κ3) is 2.64. The summed E-state index contributed by atoms with van der Waals surface area (Å²) in [5, 5.41) is -0.0218. The zero-order valence-corrected chi connectivity index (χ0v) is 12.0. The average Bonchev–Trinajstić information content (AvgIpc) is 2.29. The standard InChI is InChI=1S/C14H20N2OS/c1-9(2)6-7-16-12-5-4-11(15)8-13(12)18-10(3)14(16)17/h4-5,8-10H,6-7,15H2,1-3H3. The molecular formula is C14H20N2OS. The molecule has 0 radical (unpaired) electrons. The molecule has 3 nitrogen and oxygen atoms in total. The zero-order valence-electron chi connectivity index (χ0n) is 11.1. The largest absolute Gasteiger partial charge is 0.399 e. The van der Waals surface area contributed by atoms with Crippen molar-refractivity contribution in [1.29, 1.82) is 0 Å².